The normalized spacial score (nSPS) is 14.3. The molecule has 0 unspecified atom stereocenters. The Morgan fingerprint density at radius 3 is 3.00 bits per heavy atom. The van der Waals surface area contributed by atoms with Crippen LogP contribution in [-0.4, -0.2) is 27.7 Å². The van der Waals surface area contributed by atoms with Crippen LogP contribution >= 0.6 is 0 Å². The third-order valence-corrected chi connectivity index (χ3v) is 3.51. The number of carbonyl (C=O) groups excluding carboxylic acids is 1. The first-order valence-corrected chi connectivity index (χ1v) is 6.28. The van der Waals surface area contributed by atoms with E-state index in [4.69, 9.17) is 4.74 Å². The number of nitrogens with zero attached hydrogens (tertiary/aromatic N) is 3. The highest BCUT2D eigenvalue weighted by molar-refractivity contribution is 5.83. The number of hydrogen-bond acceptors (Lipinski definition) is 4. The molecule has 0 aliphatic heterocycles. The van der Waals surface area contributed by atoms with Gasteiger partial charge in [-0.15, -0.1) is 0 Å². The molecule has 1 aliphatic carbocycles. The molecule has 0 N–H and O–H groups in total. The highest BCUT2D eigenvalue weighted by Crippen LogP contribution is 2.24. The molecular formula is C14H15N3O2. The highest BCUT2D eigenvalue weighted by atomic mass is 16.5. The van der Waals surface area contributed by atoms with Crippen LogP contribution in [0.2, 0.25) is 0 Å². The number of hydrogen-bond donors (Lipinski definition) is 0. The van der Waals surface area contributed by atoms with Crippen LogP contribution in [0.3, 0.4) is 0 Å². The van der Waals surface area contributed by atoms with E-state index in [1.807, 2.05) is 23.7 Å². The molecule has 5 heteroatoms. The van der Waals surface area contributed by atoms with Crippen LogP contribution in [0.1, 0.15) is 23.4 Å². The lowest BCUT2D eigenvalue weighted by atomic mass is 9.95. The van der Waals surface area contributed by atoms with Gasteiger partial charge >= 0.3 is 0 Å². The average molecular weight is 257 g/mol. The zero-order valence-electron chi connectivity index (χ0n) is 11.0. The summed E-state index contributed by atoms with van der Waals surface area (Å²) in [5, 5.41) is 4.61. The molecule has 0 spiro atoms. The van der Waals surface area contributed by atoms with Crippen LogP contribution in [0.25, 0.3) is 5.69 Å². The van der Waals surface area contributed by atoms with E-state index in [0.29, 0.717) is 24.5 Å². The molecule has 2 aromatic heterocycles. The number of fused-ring (bicyclic) bond motifs is 1. The largest absolute Gasteiger partial charge is 0.481 e. The van der Waals surface area contributed by atoms with Gasteiger partial charge in [0, 0.05) is 36.4 Å². The summed E-state index contributed by atoms with van der Waals surface area (Å²) < 4.78 is 7.00. The smallest absolute Gasteiger partial charge is 0.215 e. The van der Waals surface area contributed by atoms with Crippen LogP contribution in [-0.2, 0) is 17.6 Å². The molecule has 0 radical (unpaired) electrons. The fourth-order valence-electron chi connectivity index (χ4n) is 2.46. The Balaban J connectivity index is 2.08. The summed E-state index contributed by atoms with van der Waals surface area (Å²) in [4.78, 5) is 15.6. The number of ketones is 1. The van der Waals surface area contributed by atoms with Gasteiger partial charge in [0.15, 0.2) is 0 Å². The van der Waals surface area contributed by atoms with Gasteiger partial charge in [-0.3, -0.25) is 4.79 Å². The van der Waals surface area contributed by atoms with E-state index in [0.717, 1.165) is 29.1 Å². The first-order valence-electron chi connectivity index (χ1n) is 6.28. The Morgan fingerprint density at radius 1 is 1.37 bits per heavy atom. The fourth-order valence-corrected chi connectivity index (χ4v) is 2.46. The van der Waals surface area contributed by atoms with E-state index in [1.165, 1.54) is 0 Å². The molecule has 98 valence electrons. The molecule has 0 saturated heterocycles. The van der Waals surface area contributed by atoms with Crippen LogP contribution in [0.15, 0.2) is 18.3 Å². The maximum atomic E-state index is 11.6. The highest BCUT2D eigenvalue weighted by Gasteiger charge is 2.23. The Hall–Kier alpha value is -2.17. The van der Waals surface area contributed by atoms with Gasteiger partial charge in [-0.25, -0.2) is 9.67 Å². The van der Waals surface area contributed by atoms with Crippen LogP contribution < -0.4 is 4.74 Å². The molecule has 2 aromatic rings. The lowest BCUT2D eigenvalue weighted by molar-refractivity contribution is -0.118. The first kappa shape index (κ1) is 11.9. The molecule has 1 aliphatic rings. The zero-order valence-corrected chi connectivity index (χ0v) is 11.0. The third-order valence-electron chi connectivity index (χ3n) is 3.51. The van der Waals surface area contributed by atoms with E-state index in [9.17, 15) is 4.79 Å². The summed E-state index contributed by atoms with van der Waals surface area (Å²) in [6.07, 6.45) is 3.54. The van der Waals surface area contributed by atoms with Gasteiger partial charge in [0.05, 0.1) is 18.5 Å². The minimum absolute atomic E-state index is 0.294. The van der Waals surface area contributed by atoms with Gasteiger partial charge < -0.3 is 4.74 Å². The number of Topliss-reactive ketones (excluding diaryl/α,β-unsaturated/α-hetero) is 1. The average Bonchev–Trinajstić information content (AvgIpc) is 2.76. The Morgan fingerprint density at radius 2 is 2.21 bits per heavy atom. The molecular weight excluding hydrogens is 242 g/mol. The van der Waals surface area contributed by atoms with Gasteiger partial charge in [0.1, 0.15) is 5.78 Å². The van der Waals surface area contributed by atoms with Gasteiger partial charge in [0.25, 0.3) is 0 Å². The second kappa shape index (κ2) is 4.50. The minimum Gasteiger partial charge on any atom is -0.481 e. The van der Waals surface area contributed by atoms with E-state index in [-0.39, 0.29) is 0 Å². The van der Waals surface area contributed by atoms with E-state index < -0.39 is 0 Å². The molecule has 5 nitrogen and oxygen atoms in total. The lowest BCUT2D eigenvalue weighted by Gasteiger charge is -2.08. The quantitative estimate of drug-likeness (QED) is 0.820. The topological polar surface area (TPSA) is 57.0 Å². The predicted octanol–water partition coefficient (Wildman–Crippen LogP) is 1.64. The molecule has 2 heterocycles. The van der Waals surface area contributed by atoms with Crippen LogP contribution in [0, 0.1) is 6.92 Å². The van der Waals surface area contributed by atoms with Crippen molar-refractivity contribution in [3.05, 3.63) is 35.3 Å². The maximum Gasteiger partial charge on any atom is 0.215 e. The molecule has 0 atom stereocenters. The summed E-state index contributed by atoms with van der Waals surface area (Å²) in [5.41, 5.74) is 4.04. The van der Waals surface area contributed by atoms with Crippen molar-refractivity contribution in [3.63, 3.8) is 0 Å². The summed E-state index contributed by atoms with van der Waals surface area (Å²) in [6, 6.07) is 3.73. The molecule has 3 rings (SSSR count). The lowest BCUT2D eigenvalue weighted by Crippen LogP contribution is -2.12. The van der Waals surface area contributed by atoms with Crippen molar-refractivity contribution >= 4 is 5.78 Å². The summed E-state index contributed by atoms with van der Waals surface area (Å²) in [5.74, 6) is 0.851. The molecule has 0 bridgehead atoms. The van der Waals surface area contributed by atoms with Crippen molar-refractivity contribution in [2.24, 2.45) is 0 Å². The zero-order chi connectivity index (χ0) is 13.4. The van der Waals surface area contributed by atoms with Crippen molar-refractivity contribution < 1.29 is 9.53 Å². The number of pyridine rings is 1. The van der Waals surface area contributed by atoms with Gasteiger partial charge in [-0.05, 0) is 19.4 Å². The van der Waals surface area contributed by atoms with Gasteiger partial charge in [-0.2, -0.15) is 5.10 Å². The van der Waals surface area contributed by atoms with Crippen molar-refractivity contribution in [1.29, 1.82) is 0 Å². The fraction of sp³-hybridized carbons (Fsp3) is 0.357. The Labute approximate surface area is 111 Å². The number of rotatable bonds is 2. The Bertz CT molecular complexity index is 646. The SMILES string of the molecule is COc1cc(-n2nc3c(c2C)CC(=O)CC3)ccn1. The van der Waals surface area contributed by atoms with Crippen molar-refractivity contribution in [2.75, 3.05) is 7.11 Å². The third kappa shape index (κ3) is 2.01. The maximum absolute atomic E-state index is 11.6. The number of aromatic nitrogens is 3. The standard InChI is InChI=1S/C14H15N3O2/c1-9-12-8-11(18)3-4-13(12)16-17(9)10-5-6-15-14(7-10)19-2/h5-7H,3-4,8H2,1-2H3. The number of aryl methyl sites for hydroxylation is 1. The molecule has 0 aromatic carbocycles. The summed E-state index contributed by atoms with van der Waals surface area (Å²) in [7, 11) is 1.59. The molecule has 19 heavy (non-hydrogen) atoms. The monoisotopic (exact) mass is 257 g/mol. The first-order chi connectivity index (χ1) is 9.19. The van der Waals surface area contributed by atoms with E-state index in [2.05, 4.69) is 10.1 Å². The summed E-state index contributed by atoms with van der Waals surface area (Å²) >= 11 is 0. The second-order valence-corrected chi connectivity index (χ2v) is 4.69. The van der Waals surface area contributed by atoms with Crippen molar-refractivity contribution in [2.45, 2.75) is 26.2 Å². The van der Waals surface area contributed by atoms with Gasteiger partial charge in [-0.1, -0.05) is 0 Å². The van der Waals surface area contributed by atoms with Crippen LogP contribution in [0.5, 0.6) is 5.88 Å². The second-order valence-electron chi connectivity index (χ2n) is 4.69. The van der Waals surface area contributed by atoms with Crippen molar-refractivity contribution in [1.82, 2.24) is 14.8 Å². The number of ether oxygens (including phenoxy) is 1. The van der Waals surface area contributed by atoms with Crippen LogP contribution in [0.4, 0.5) is 0 Å². The molecule has 0 saturated carbocycles. The van der Waals surface area contributed by atoms with Gasteiger partial charge in [0.2, 0.25) is 5.88 Å². The Kier molecular flexibility index (Phi) is 2.81. The summed E-state index contributed by atoms with van der Waals surface area (Å²) in [6.45, 7) is 2.00. The predicted molar refractivity (Wildman–Crippen MR) is 69.7 cm³/mol. The molecule has 0 fully saturated rings. The van der Waals surface area contributed by atoms with E-state index in [1.54, 1.807) is 13.3 Å². The minimum atomic E-state index is 0.294. The molecule has 0 amide bonds. The number of carbonyl (C=O) groups is 1. The number of methoxy groups -OCH3 is 1. The van der Waals surface area contributed by atoms with E-state index >= 15 is 0 Å². The van der Waals surface area contributed by atoms with Crippen molar-refractivity contribution in [3.8, 4) is 11.6 Å².